The van der Waals surface area contributed by atoms with Crippen LogP contribution in [0.25, 0.3) is 0 Å². The van der Waals surface area contributed by atoms with E-state index in [9.17, 15) is 0 Å². The van der Waals surface area contributed by atoms with Crippen molar-refractivity contribution in [1.29, 1.82) is 0 Å². The zero-order valence-electron chi connectivity index (χ0n) is 16.8. The molecule has 0 amide bonds. The van der Waals surface area contributed by atoms with Gasteiger partial charge in [0.1, 0.15) is 0 Å². The molecule has 144 valence electrons. The fraction of sp³-hybridized carbons (Fsp3) is 1.00. The van der Waals surface area contributed by atoms with Crippen LogP contribution in [0.5, 0.6) is 0 Å². The van der Waals surface area contributed by atoms with Gasteiger partial charge in [-0.2, -0.15) is 0 Å². The van der Waals surface area contributed by atoms with E-state index in [1.807, 2.05) is 0 Å². The van der Waals surface area contributed by atoms with Crippen molar-refractivity contribution in [3.8, 4) is 0 Å². The van der Waals surface area contributed by atoms with Gasteiger partial charge in [0, 0.05) is 28.1 Å². The first-order chi connectivity index (χ1) is 11.7. The largest absolute Gasteiger partial charge is 0.380 e. The van der Waals surface area contributed by atoms with Gasteiger partial charge in [-0.25, -0.2) is 0 Å². The molecule has 2 nitrogen and oxygen atoms in total. The fourth-order valence-electron chi connectivity index (χ4n) is 3.97. The minimum Gasteiger partial charge on any atom is -0.380 e. The Morgan fingerprint density at radius 1 is 0.875 bits per heavy atom. The smallest absolute Gasteiger partial charge is 0.0486 e. The normalized spacial score (nSPS) is 22.8. The Bertz CT molecular complexity index is 279. The van der Waals surface area contributed by atoms with E-state index in [1.165, 1.54) is 119 Å². The predicted octanol–water partition coefficient (Wildman–Crippen LogP) is 5.06. The summed E-state index contributed by atoms with van der Waals surface area (Å²) in [5.41, 5.74) is 6.31. The molecule has 0 spiro atoms. The summed E-state index contributed by atoms with van der Waals surface area (Å²) in [6, 6.07) is 0.424. The molecule has 0 aromatic heterocycles. The van der Waals surface area contributed by atoms with Crippen LogP contribution < -0.4 is 5.73 Å². The molecule has 0 radical (unpaired) electrons. The molecule has 24 heavy (non-hydrogen) atoms. The Kier molecular flexibility index (Phi) is 13.2. The lowest BCUT2D eigenvalue weighted by Crippen LogP contribution is -2.37. The third-order valence-corrected chi connectivity index (χ3v) is 7.05. The van der Waals surface area contributed by atoms with Gasteiger partial charge in [-0.15, -0.1) is 0 Å². The number of hydrogen-bond donors (Lipinski definition) is 1. The maximum Gasteiger partial charge on any atom is 0.0486 e. The lowest BCUT2D eigenvalue weighted by Gasteiger charge is -2.34. The Morgan fingerprint density at radius 3 is 2.04 bits per heavy atom. The summed E-state index contributed by atoms with van der Waals surface area (Å²) < 4.78 is 6.04. The molecule has 1 aliphatic rings. The van der Waals surface area contributed by atoms with Crippen molar-refractivity contribution in [3.05, 3.63) is 0 Å². The maximum absolute atomic E-state index is 6.31. The van der Waals surface area contributed by atoms with Crippen molar-refractivity contribution in [2.75, 3.05) is 6.61 Å². The quantitative estimate of drug-likeness (QED) is 0.329. The number of nitrogens with two attached hydrogens (primary N) is 1. The van der Waals surface area contributed by atoms with Crippen molar-refractivity contribution in [3.63, 3.8) is 0 Å². The molecule has 1 rings (SSSR count). The average molecular weight is 356 g/mol. The lowest BCUT2D eigenvalue weighted by molar-refractivity contribution is -0.0241. The highest BCUT2D eigenvalue weighted by molar-refractivity contribution is 6.14. The van der Waals surface area contributed by atoms with Gasteiger partial charge in [-0.05, 0) is 44.9 Å². The fourth-order valence-corrected chi connectivity index (χ4v) is 4.88. The molecule has 1 aliphatic heterocycles. The zero-order chi connectivity index (χ0) is 17.5. The van der Waals surface area contributed by atoms with E-state index >= 15 is 0 Å². The third-order valence-electron chi connectivity index (χ3n) is 5.76. The van der Waals surface area contributed by atoms with Gasteiger partial charge in [0.05, 0.1) is 0 Å². The predicted molar refractivity (Wildman–Crippen MR) is 111 cm³/mol. The highest BCUT2D eigenvalue weighted by atomic mass is 28.1. The maximum atomic E-state index is 6.31. The van der Waals surface area contributed by atoms with E-state index in [0.29, 0.717) is 6.04 Å². The summed E-state index contributed by atoms with van der Waals surface area (Å²) in [6.45, 7) is 3.28. The van der Waals surface area contributed by atoms with Crippen molar-refractivity contribution in [1.82, 2.24) is 0 Å². The summed E-state index contributed by atoms with van der Waals surface area (Å²) in [5.74, 6) is 0. The van der Waals surface area contributed by atoms with Gasteiger partial charge in [0.2, 0.25) is 0 Å². The van der Waals surface area contributed by atoms with Crippen molar-refractivity contribution in [2.45, 2.75) is 127 Å². The number of hydrogen-bond acceptors (Lipinski definition) is 2. The SMILES string of the molecule is CCCCCCCCCCCCC(N)CCCC1([SiH3])CCCCO1. The molecule has 1 fully saturated rings. The standard InChI is InChI=1S/C21H45NOSi/c1-2-3-4-5-6-7-8-9-10-11-15-20(22)16-14-18-21(24)17-12-13-19-23-21/h20H,2-19,22H2,1,24H3. The summed E-state index contributed by atoms with van der Waals surface area (Å²) in [5, 5.41) is 0.287. The molecular formula is C21H45NOSi. The molecular weight excluding hydrogens is 310 g/mol. The van der Waals surface area contributed by atoms with Crippen LogP contribution in [0.4, 0.5) is 0 Å². The van der Waals surface area contributed by atoms with Gasteiger partial charge in [0.15, 0.2) is 0 Å². The first-order valence-electron chi connectivity index (χ1n) is 11.1. The molecule has 1 heterocycles. The number of ether oxygens (including phenoxy) is 1. The minimum absolute atomic E-state index is 0.287. The third kappa shape index (κ3) is 11.6. The van der Waals surface area contributed by atoms with Crippen LogP contribution in [0.3, 0.4) is 0 Å². The van der Waals surface area contributed by atoms with Crippen molar-refractivity contribution < 1.29 is 4.74 Å². The topological polar surface area (TPSA) is 35.2 Å². The lowest BCUT2D eigenvalue weighted by atomic mass is 9.98. The van der Waals surface area contributed by atoms with Gasteiger partial charge in [-0.3, -0.25) is 0 Å². The highest BCUT2D eigenvalue weighted by Crippen LogP contribution is 2.27. The Balaban J connectivity index is 1.85. The summed E-state index contributed by atoms with van der Waals surface area (Å²) in [7, 11) is 1.18. The van der Waals surface area contributed by atoms with Gasteiger partial charge in [0.25, 0.3) is 0 Å². The van der Waals surface area contributed by atoms with E-state index in [-0.39, 0.29) is 5.22 Å². The number of rotatable bonds is 15. The van der Waals surface area contributed by atoms with E-state index < -0.39 is 0 Å². The van der Waals surface area contributed by atoms with Crippen LogP contribution in [-0.4, -0.2) is 28.1 Å². The second-order valence-corrected chi connectivity index (χ2v) is 10.2. The van der Waals surface area contributed by atoms with Crippen LogP contribution in [0.15, 0.2) is 0 Å². The Hall–Kier alpha value is 0.137. The van der Waals surface area contributed by atoms with Gasteiger partial charge >= 0.3 is 0 Å². The van der Waals surface area contributed by atoms with Gasteiger partial charge < -0.3 is 10.5 Å². The minimum atomic E-state index is 0.287. The summed E-state index contributed by atoms with van der Waals surface area (Å²) in [6.07, 6.45) is 23.0. The van der Waals surface area contributed by atoms with E-state index in [4.69, 9.17) is 10.5 Å². The van der Waals surface area contributed by atoms with Crippen molar-refractivity contribution >= 4 is 10.2 Å². The average Bonchev–Trinajstić information content (AvgIpc) is 2.57. The number of unbranched alkanes of at least 4 members (excludes halogenated alkanes) is 9. The molecule has 0 bridgehead atoms. The Morgan fingerprint density at radius 2 is 1.46 bits per heavy atom. The molecule has 2 unspecified atom stereocenters. The van der Waals surface area contributed by atoms with Crippen LogP contribution in [0, 0.1) is 0 Å². The van der Waals surface area contributed by atoms with E-state index in [2.05, 4.69) is 6.92 Å². The monoisotopic (exact) mass is 355 g/mol. The summed E-state index contributed by atoms with van der Waals surface area (Å²) >= 11 is 0. The molecule has 0 aliphatic carbocycles. The molecule has 0 aromatic carbocycles. The molecule has 0 aromatic rings. The second-order valence-electron chi connectivity index (χ2n) is 8.38. The van der Waals surface area contributed by atoms with E-state index in [0.717, 1.165) is 6.61 Å². The van der Waals surface area contributed by atoms with E-state index in [1.54, 1.807) is 0 Å². The highest BCUT2D eigenvalue weighted by Gasteiger charge is 2.26. The molecule has 2 N–H and O–H groups in total. The van der Waals surface area contributed by atoms with Crippen LogP contribution in [-0.2, 0) is 4.74 Å². The van der Waals surface area contributed by atoms with Crippen LogP contribution in [0.2, 0.25) is 0 Å². The molecule has 0 saturated carbocycles. The summed E-state index contributed by atoms with van der Waals surface area (Å²) in [4.78, 5) is 0. The Labute approximate surface area is 155 Å². The second kappa shape index (κ2) is 14.3. The van der Waals surface area contributed by atoms with Crippen molar-refractivity contribution in [2.24, 2.45) is 5.73 Å². The van der Waals surface area contributed by atoms with Crippen LogP contribution >= 0.6 is 0 Å². The molecule has 3 heteroatoms. The molecule has 2 atom stereocenters. The molecule has 1 saturated heterocycles. The first kappa shape index (κ1) is 22.2. The van der Waals surface area contributed by atoms with Crippen LogP contribution in [0.1, 0.15) is 116 Å². The first-order valence-corrected chi connectivity index (χ1v) is 12.1. The van der Waals surface area contributed by atoms with Gasteiger partial charge in [-0.1, -0.05) is 71.1 Å². The zero-order valence-corrected chi connectivity index (χ0v) is 18.8.